The molecule has 6 nitrogen and oxygen atoms in total. The SMILES string of the molecule is O=C(Nc1cc(F)cc(NCCO)c1)Nc1cc(Cl)cc(Cl)c1CO. The maximum atomic E-state index is 13.6. The zero-order chi connectivity index (χ0) is 18.4. The molecule has 0 unspecified atom stereocenters. The standard InChI is InChI=1S/C16H16Cl2FN3O3/c17-9-3-14(18)13(8-24)15(4-9)22-16(25)21-12-6-10(19)5-11(7-12)20-1-2-23/h3-7,20,23-24H,1-2,8H2,(H2,21,22,25). The normalized spacial score (nSPS) is 10.4. The number of amides is 2. The van der Waals surface area contributed by atoms with Crippen LogP contribution in [0.1, 0.15) is 5.56 Å². The first-order valence-electron chi connectivity index (χ1n) is 7.25. The van der Waals surface area contributed by atoms with Crippen LogP contribution in [0.25, 0.3) is 0 Å². The Balaban J connectivity index is 2.14. The van der Waals surface area contributed by atoms with Crippen LogP contribution in [0.3, 0.4) is 0 Å². The highest BCUT2D eigenvalue weighted by Crippen LogP contribution is 2.29. The predicted molar refractivity (Wildman–Crippen MR) is 97.0 cm³/mol. The number of carbonyl (C=O) groups is 1. The molecule has 134 valence electrons. The zero-order valence-corrected chi connectivity index (χ0v) is 14.5. The molecule has 0 aliphatic heterocycles. The van der Waals surface area contributed by atoms with E-state index in [1.54, 1.807) is 0 Å². The van der Waals surface area contributed by atoms with Crippen molar-refractivity contribution >= 4 is 46.3 Å². The summed E-state index contributed by atoms with van der Waals surface area (Å²) in [6, 6.07) is 6.12. The maximum Gasteiger partial charge on any atom is 0.323 e. The Hall–Kier alpha value is -2.06. The monoisotopic (exact) mass is 387 g/mol. The number of rotatable bonds is 6. The number of anilines is 3. The maximum absolute atomic E-state index is 13.6. The number of hydrogen-bond donors (Lipinski definition) is 5. The van der Waals surface area contributed by atoms with Crippen LogP contribution in [0.15, 0.2) is 30.3 Å². The second kappa shape index (κ2) is 8.87. The van der Waals surface area contributed by atoms with Crippen molar-refractivity contribution in [3.8, 4) is 0 Å². The summed E-state index contributed by atoms with van der Waals surface area (Å²) in [5, 5.41) is 26.5. The van der Waals surface area contributed by atoms with Crippen molar-refractivity contribution in [2.24, 2.45) is 0 Å². The van der Waals surface area contributed by atoms with E-state index in [4.69, 9.17) is 28.3 Å². The Morgan fingerprint density at radius 2 is 1.76 bits per heavy atom. The lowest BCUT2D eigenvalue weighted by Gasteiger charge is -2.13. The van der Waals surface area contributed by atoms with Gasteiger partial charge >= 0.3 is 6.03 Å². The molecule has 25 heavy (non-hydrogen) atoms. The topological polar surface area (TPSA) is 93.6 Å². The van der Waals surface area contributed by atoms with Gasteiger partial charge in [-0.3, -0.25) is 0 Å². The average Bonchev–Trinajstić information content (AvgIpc) is 2.51. The highest BCUT2D eigenvalue weighted by atomic mass is 35.5. The molecule has 0 aromatic heterocycles. The van der Waals surface area contributed by atoms with Gasteiger partial charge in [-0.05, 0) is 30.3 Å². The van der Waals surface area contributed by atoms with Crippen molar-refractivity contribution in [1.82, 2.24) is 0 Å². The van der Waals surface area contributed by atoms with E-state index in [-0.39, 0.29) is 36.2 Å². The molecule has 0 aliphatic rings. The smallest absolute Gasteiger partial charge is 0.323 e. The highest BCUT2D eigenvalue weighted by molar-refractivity contribution is 6.35. The van der Waals surface area contributed by atoms with Crippen LogP contribution in [0.4, 0.5) is 26.2 Å². The van der Waals surface area contributed by atoms with Gasteiger partial charge in [-0.15, -0.1) is 0 Å². The molecular formula is C16H16Cl2FN3O3. The Morgan fingerprint density at radius 3 is 2.44 bits per heavy atom. The fraction of sp³-hybridized carbons (Fsp3) is 0.188. The fourth-order valence-electron chi connectivity index (χ4n) is 2.12. The van der Waals surface area contributed by atoms with Crippen molar-refractivity contribution < 1.29 is 19.4 Å². The Kier molecular flexibility index (Phi) is 6.83. The number of aliphatic hydroxyl groups is 2. The van der Waals surface area contributed by atoms with Crippen LogP contribution in [-0.4, -0.2) is 29.4 Å². The third-order valence-electron chi connectivity index (χ3n) is 3.16. The molecule has 9 heteroatoms. The van der Waals surface area contributed by atoms with Crippen LogP contribution in [0.2, 0.25) is 10.0 Å². The quantitative estimate of drug-likeness (QED) is 0.522. The molecular weight excluding hydrogens is 372 g/mol. The lowest BCUT2D eigenvalue weighted by molar-refractivity contribution is 0.262. The van der Waals surface area contributed by atoms with Crippen molar-refractivity contribution in [3.05, 3.63) is 51.8 Å². The van der Waals surface area contributed by atoms with E-state index in [9.17, 15) is 14.3 Å². The van der Waals surface area contributed by atoms with Gasteiger partial charge < -0.3 is 26.2 Å². The molecule has 0 aliphatic carbocycles. The fourth-order valence-corrected chi connectivity index (χ4v) is 2.68. The molecule has 2 amide bonds. The van der Waals surface area contributed by atoms with E-state index >= 15 is 0 Å². The van der Waals surface area contributed by atoms with Gasteiger partial charge in [0.1, 0.15) is 5.82 Å². The van der Waals surface area contributed by atoms with Crippen molar-refractivity contribution in [1.29, 1.82) is 0 Å². The van der Waals surface area contributed by atoms with Gasteiger partial charge in [0.2, 0.25) is 0 Å². The molecule has 2 aromatic rings. The second-order valence-corrected chi connectivity index (χ2v) is 5.87. The van der Waals surface area contributed by atoms with Gasteiger partial charge in [0, 0.05) is 33.5 Å². The van der Waals surface area contributed by atoms with E-state index in [1.807, 2.05) is 0 Å². The molecule has 0 radical (unpaired) electrons. The molecule has 0 spiro atoms. The first-order chi connectivity index (χ1) is 11.9. The van der Waals surface area contributed by atoms with Crippen molar-refractivity contribution in [3.63, 3.8) is 0 Å². The summed E-state index contributed by atoms with van der Waals surface area (Å²) < 4.78 is 13.6. The number of halogens is 3. The number of carbonyl (C=O) groups excluding carboxylic acids is 1. The molecule has 2 rings (SSSR count). The van der Waals surface area contributed by atoms with Gasteiger partial charge in [0.25, 0.3) is 0 Å². The minimum atomic E-state index is -0.660. The third-order valence-corrected chi connectivity index (χ3v) is 3.72. The number of benzene rings is 2. The summed E-state index contributed by atoms with van der Waals surface area (Å²) in [5.41, 5.74) is 1.17. The lowest BCUT2D eigenvalue weighted by atomic mass is 10.2. The van der Waals surface area contributed by atoms with E-state index in [0.29, 0.717) is 16.3 Å². The number of hydrogen-bond acceptors (Lipinski definition) is 4. The summed E-state index contributed by atoms with van der Waals surface area (Å²) in [6.45, 7) is -0.254. The second-order valence-electron chi connectivity index (χ2n) is 5.03. The Bertz CT molecular complexity index is 775. The molecule has 5 N–H and O–H groups in total. The van der Waals surface area contributed by atoms with Crippen LogP contribution in [-0.2, 0) is 6.61 Å². The highest BCUT2D eigenvalue weighted by Gasteiger charge is 2.12. The van der Waals surface area contributed by atoms with Crippen LogP contribution < -0.4 is 16.0 Å². The summed E-state index contributed by atoms with van der Waals surface area (Å²) in [7, 11) is 0. The van der Waals surface area contributed by atoms with Gasteiger partial charge in [-0.2, -0.15) is 0 Å². The van der Waals surface area contributed by atoms with E-state index in [1.165, 1.54) is 24.3 Å². The molecule has 0 atom stereocenters. The van der Waals surface area contributed by atoms with E-state index in [2.05, 4.69) is 16.0 Å². The third kappa shape index (κ3) is 5.47. The minimum Gasteiger partial charge on any atom is -0.395 e. The van der Waals surface area contributed by atoms with Crippen LogP contribution in [0.5, 0.6) is 0 Å². The number of aliphatic hydroxyl groups excluding tert-OH is 2. The molecule has 2 aromatic carbocycles. The Labute approximate surface area is 153 Å². The molecule has 0 fully saturated rings. The average molecular weight is 388 g/mol. The predicted octanol–water partition coefficient (Wildman–Crippen LogP) is 3.67. The van der Waals surface area contributed by atoms with Crippen LogP contribution >= 0.6 is 23.2 Å². The summed E-state index contributed by atoms with van der Waals surface area (Å²) in [4.78, 5) is 12.1. The Morgan fingerprint density at radius 1 is 1.04 bits per heavy atom. The van der Waals surface area contributed by atoms with E-state index < -0.39 is 11.8 Å². The van der Waals surface area contributed by atoms with Gasteiger partial charge in [-0.25, -0.2) is 9.18 Å². The van der Waals surface area contributed by atoms with Gasteiger partial charge in [-0.1, -0.05) is 23.2 Å². The minimum absolute atomic E-state index is 0.112. The van der Waals surface area contributed by atoms with Gasteiger partial charge in [0.05, 0.1) is 18.9 Å². The van der Waals surface area contributed by atoms with Crippen LogP contribution in [0, 0.1) is 5.82 Å². The lowest BCUT2D eigenvalue weighted by Crippen LogP contribution is -2.20. The first-order valence-corrected chi connectivity index (χ1v) is 8.00. The molecule has 0 bridgehead atoms. The van der Waals surface area contributed by atoms with Gasteiger partial charge in [0.15, 0.2) is 0 Å². The first kappa shape index (κ1) is 19.3. The number of nitrogens with one attached hydrogen (secondary N) is 3. The molecule has 0 heterocycles. The molecule has 0 saturated carbocycles. The summed E-state index contributed by atoms with van der Waals surface area (Å²) in [5.74, 6) is -0.555. The summed E-state index contributed by atoms with van der Waals surface area (Å²) >= 11 is 11.9. The molecule has 0 saturated heterocycles. The van der Waals surface area contributed by atoms with E-state index in [0.717, 1.165) is 6.07 Å². The van der Waals surface area contributed by atoms with Crippen molar-refractivity contribution in [2.75, 3.05) is 29.1 Å². The van der Waals surface area contributed by atoms with Crippen molar-refractivity contribution in [2.45, 2.75) is 6.61 Å². The zero-order valence-electron chi connectivity index (χ0n) is 12.9. The largest absolute Gasteiger partial charge is 0.395 e. The number of urea groups is 1. The summed E-state index contributed by atoms with van der Waals surface area (Å²) in [6.07, 6.45) is 0.